The summed E-state index contributed by atoms with van der Waals surface area (Å²) in [4.78, 5) is 57.1. The number of carbonyl (C=O) groups is 3. The number of ether oxygens (including phenoxy) is 1. The second-order valence-corrected chi connectivity index (χ2v) is 16.4. The summed E-state index contributed by atoms with van der Waals surface area (Å²) >= 11 is 3.43. The number of likely N-dealkylation sites (tertiary alicyclic amines) is 2. The van der Waals surface area contributed by atoms with Crippen LogP contribution in [0.3, 0.4) is 0 Å². The number of nitrogens with one attached hydrogen (secondary N) is 2. The Labute approximate surface area is 319 Å². The fourth-order valence-electron chi connectivity index (χ4n) is 8.96. The molecule has 3 amide bonds. The van der Waals surface area contributed by atoms with Gasteiger partial charge in [-0.15, -0.1) is 0 Å². The predicted molar refractivity (Wildman–Crippen MR) is 208 cm³/mol. The van der Waals surface area contributed by atoms with Crippen molar-refractivity contribution in [2.45, 2.75) is 69.7 Å². The van der Waals surface area contributed by atoms with E-state index in [-0.39, 0.29) is 40.7 Å². The summed E-state index contributed by atoms with van der Waals surface area (Å²) < 4.78 is 7.57. The first-order valence-corrected chi connectivity index (χ1v) is 19.6. The monoisotopic (exact) mass is 787 g/mol. The van der Waals surface area contributed by atoms with Gasteiger partial charge in [-0.25, -0.2) is 4.68 Å². The van der Waals surface area contributed by atoms with Crippen LogP contribution in [0.1, 0.15) is 83.8 Å². The Morgan fingerprint density at radius 3 is 2.38 bits per heavy atom. The zero-order valence-corrected chi connectivity index (χ0v) is 32.7. The van der Waals surface area contributed by atoms with Gasteiger partial charge in [-0.1, -0.05) is 12.1 Å². The summed E-state index contributed by atoms with van der Waals surface area (Å²) in [5.74, 6) is 0.227. The Balaban J connectivity index is 0.930. The van der Waals surface area contributed by atoms with Gasteiger partial charge in [0.15, 0.2) is 0 Å². The van der Waals surface area contributed by atoms with Crippen LogP contribution in [0.5, 0.6) is 5.75 Å². The van der Waals surface area contributed by atoms with Crippen molar-refractivity contribution >= 4 is 45.0 Å². The van der Waals surface area contributed by atoms with E-state index in [1.807, 2.05) is 17.0 Å². The summed E-state index contributed by atoms with van der Waals surface area (Å²) in [5.41, 5.74) is 5.78. The third-order valence-corrected chi connectivity index (χ3v) is 12.9. The molecular weight excluding hydrogens is 738 g/mol. The highest BCUT2D eigenvalue weighted by molar-refractivity contribution is 9.10. The minimum absolute atomic E-state index is 0.103. The van der Waals surface area contributed by atoms with Gasteiger partial charge in [0, 0.05) is 81.7 Å². The lowest BCUT2D eigenvalue weighted by atomic mass is 9.71. The molecule has 0 saturated carbocycles. The Bertz CT molecular complexity index is 1930. The Kier molecular flexibility index (Phi) is 10.7. The van der Waals surface area contributed by atoms with E-state index in [2.05, 4.69) is 79.7 Å². The van der Waals surface area contributed by atoms with Gasteiger partial charge in [-0.05, 0) is 109 Å². The first-order chi connectivity index (χ1) is 25.4. The van der Waals surface area contributed by atoms with Crippen molar-refractivity contribution in [3.05, 3.63) is 79.7 Å². The van der Waals surface area contributed by atoms with E-state index in [0.29, 0.717) is 34.7 Å². The van der Waals surface area contributed by atoms with E-state index in [1.54, 1.807) is 20.4 Å². The number of rotatable bonds is 7. The zero-order valence-electron chi connectivity index (χ0n) is 31.1. The summed E-state index contributed by atoms with van der Waals surface area (Å²) in [6.07, 6.45) is 7.57. The number of nitrogens with zero attached hydrogens (tertiary/aromatic N) is 5. The Morgan fingerprint density at radius 2 is 1.70 bits per heavy atom. The van der Waals surface area contributed by atoms with Crippen LogP contribution in [0, 0.1) is 12.3 Å². The predicted octanol–water partition coefficient (Wildman–Crippen LogP) is 4.80. The minimum Gasteiger partial charge on any atom is -0.496 e. The number of amides is 3. The number of carbonyl (C=O) groups excluding carboxylic acids is 3. The lowest BCUT2D eigenvalue weighted by molar-refractivity contribution is -0.134. The maximum Gasteiger partial charge on any atom is 0.282 e. The number of aryl methyl sites for hydroxylation is 2. The van der Waals surface area contributed by atoms with Gasteiger partial charge in [0.2, 0.25) is 11.8 Å². The van der Waals surface area contributed by atoms with Gasteiger partial charge < -0.3 is 24.8 Å². The number of aromatic nitrogens is 2. The van der Waals surface area contributed by atoms with Crippen molar-refractivity contribution in [3.8, 4) is 5.75 Å². The number of methoxy groups -OCH3 is 1. The van der Waals surface area contributed by atoms with Crippen molar-refractivity contribution in [3.63, 3.8) is 0 Å². The van der Waals surface area contributed by atoms with E-state index in [9.17, 15) is 19.2 Å². The molecule has 1 unspecified atom stereocenters. The molecule has 3 atom stereocenters. The van der Waals surface area contributed by atoms with Crippen LogP contribution in [0.4, 0.5) is 11.4 Å². The number of piperidine rings is 4. The van der Waals surface area contributed by atoms with Gasteiger partial charge in [-0.2, -0.15) is 5.10 Å². The quantitative estimate of drug-likeness (QED) is 0.325. The van der Waals surface area contributed by atoms with Crippen LogP contribution in [-0.2, 0) is 16.6 Å². The molecule has 3 aromatic rings. The lowest BCUT2D eigenvalue weighted by Gasteiger charge is -2.47. The van der Waals surface area contributed by atoms with Gasteiger partial charge >= 0.3 is 0 Å². The summed E-state index contributed by atoms with van der Waals surface area (Å²) in [5, 5.41) is 10.2. The smallest absolute Gasteiger partial charge is 0.282 e. The number of imide groups is 1. The first-order valence-electron chi connectivity index (χ1n) is 18.8. The summed E-state index contributed by atoms with van der Waals surface area (Å²) in [6.45, 7) is 7.26. The molecule has 4 saturated heterocycles. The van der Waals surface area contributed by atoms with Crippen LogP contribution in [0.2, 0.25) is 0 Å². The number of benzene rings is 2. The molecule has 4 aliphatic rings. The highest BCUT2D eigenvalue weighted by Gasteiger charge is 2.39. The average molecular weight is 789 g/mol. The standard InChI is InChI=1S/C40H50BrN7O5/c1-25-19-31(30-9-10-35(49)44-37(30)50)34(53-4)21-33(25)47-15-11-40(12-16-47)13-17-48(18-14-40)38(51)27-7-5-26(6-8-27)28-20-29(24-45(2)23-28)43-32-22-42-46(3)39(52)36(32)41/h5-8,19,21-22,28-30,43H,9-18,20,23-24H2,1-4H3,(H,44,49,50)/t28-,29+,30?/m1/s1. The largest absolute Gasteiger partial charge is 0.496 e. The molecule has 13 heteroatoms. The lowest BCUT2D eigenvalue weighted by Crippen LogP contribution is -2.48. The van der Waals surface area contributed by atoms with E-state index in [4.69, 9.17) is 4.74 Å². The maximum atomic E-state index is 13.7. The molecular formula is C40H50BrN7O5. The Morgan fingerprint density at radius 1 is 1.00 bits per heavy atom. The van der Waals surface area contributed by atoms with Crippen LogP contribution in [-0.4, -0.2) is 96.8 Å². The molecule has 53 heavy (non-hydrogen) atoms. The number of halogens is 1. The van der Waals surface area contributed by atoms with Crippen LogP contribution < -0.4 is 25.8 Å². The third kappa shape index (κ3) is 7.73. The molecule has 282 valence electrons. The Hall–Kier alpha value is -4.23. The molecule has 0 bridgehead atoms. The normalized spacial score (nSPS) is 23.5. The van der Waals surface area contributed by atoms with Crippen molar-refractivity contribution in [1.29, 1.82) is 0 Å². The number of likely N-dealkylation sites (N-methyl/N-ethyl adjacent to an activating group) is 1. The molecule has 1 spiro atoms. The van der Waals surface area contributed by atoms with Gasteiger partial charge in [0.1, 0.15) is 10.2 Å². The van der Waals surface area contributed by atoms with Crippen LogP contribution in [0.15, 0.2) is 51.9 Å². The van der Waals surface area contributed by atoms with E-state index in [1.165, 1.54) is 10.2 Å². The number of hydrogen-bond acceptors (Lipinski definition) is 9. The van der Waals surface area contributed by atoms with Gasteiger partial charge in [-0.3, -0.25) is 24.5 Å². The molecule has 12 nitrogen and oxygen atoms in total. The molecule has 5 heterocycles. The number of hydrogen-bond donors (Lipinski definition) is 2. The second-order valence-electron chi connectivity index (χ2n) is 15.6. The van der Waals surface area contributed by atoms with Crippen molar-refractivity contribution in [2.24, 2.45) is 12.5 Å². The van der Waals surface area contributed by atoms with E-state index in [0.717, 1.165) is 93.8 Å². The molecule has 2 N–H and O–H groups in total. The zero-order chi connectivity index (χ0) is 37.4. The third-order valence-electron chi connectivity index (χ3n) is 12.1. The molecule has 0 radical (unpaired) electrons. The SMILES string of the molecule is COc1cc(N2CCC3(CCN(C(=O)c4ccc([C@@H]5C[C@H](Nc6cnn(C)c(=O)c6Br)CN(C)C5)cc4)CC3)CC2)c(C)cc1C1CCC(=O)NC1=O. The van der Waals surface area contributed by atoms with Crippen molar-refractivity contribution in [1.82, 2.24) is 24.9 Å². The fourth-order valence-corrected chi connectivity index (χ4v) is 9.44. The first kappa shape index (κ1) is 37.1. The molecule has 7 rings (SSSR count). The highest BCUT2D eigenvalue weighted by atomic mass is 79.9. The average Bonchev–Trinajstić information content (AvgIpc) is 3.15. The van der Waals surface area contributed by atoms with Crippen LogP contribution >= 0.6 is 15.9 Å². The molecule has 0 aliphatic carbocycles. The minimum atomic E-state index is -0.388. The van der Waals surface area contributed by atoms with Crippen molar-refractivity contribution < 1.29 is 19.1 Å². The van der Waals surface area contributed by atoms with Crippen LogP contribution in [0.25, 0.3) is 0 Å². The van der Waals surface area contributed by atoms with E-state index < -0.39 is 0 Å². The maximum absolute atomic E-state index is 13.7. The fraction of sp³-hybridized carbons (Fsp3) is 0.525. The number of anilines is 2. The van der Waals surface area contributed by atoms with E-state index >= 15 is 0 Å². The van der Waals surface area contributed by atoms with Gasteiger partial charge in [0.05, 0.1) is 24.9 Å². The summed E-state index contributed by atoms with van der Waals surface area (Å²) in [7, 11) is 5.39. The highest BCUT2D eigenvalue weighted by Crippen LogP contribution is 2.44. The summed E-state index contributed by atoms with van der Waals surface area (Å²) in [6, 6.07) is 12.5. The molecule has 1 aromatic heterocycles. The topological polar surface area (TPSA) is 129 Å². The molecule has 4 aliphatic heterocycles. The van der Waals surface area contributed by atoms with Crippen molar-refractivity contribution in [2.75, 3.05) is 63.6 Å². The van der Waals surface area contributed by atoms with Gasteiger partial charge in [0.25, 0.3) is 11.5 Å². The second kappa shape index (κ2) is 15.3. The molecule has 4 fully saturated rings. The molecule has 2 aromatic carbocycles.